The van der Waals surface area contributed by atoms with Gasteiger partial charge in [-0.2, -0.15) is 0 Å². The minimum Gasteiger partial charge on any atom is -0.487 e. The van der Waals surface area contributed by atoms with Gasteiger partial charge in [0.2, 0.25) is 0 Å². The van der Waals surface area contributed by atoms with E-state index in [2.05, 4.69) is 18.3 Å². The Balaban J connectivity index is 1.87. The summed E-state index contributed by atoms with van der Waals surface area (Å²) in [4.78, 5) is 2.40. The Morgan fingerprint density at radius 1 is 1.25 bits per heavy atom. The maximum absolute atomic E-state index is 12.9. The Labute approximate surface area is 127 Å². The molecule has 0 radical (unpaired) electrons. The highest BCUT2D eigenvalue weighted by molar-refractivity contribution is 7.11. The van der Waals surface area contributed by atoms with Gasteiger partial charge in [-0.05, 0) is 43.3 Å². The van der Waals surface area contributed by atoms with Gasteiger partial charge >= 0.3 is 0 Å². The van der Waals surface area contributed by atoms with Gasteiger partial charge in [-0.3, -0.25) is 0 Å². The second-order valence-electron chi connectivity index (χ2n) is 4.41. The van der Waals surface area contributed by atoms with E-state index in [0.717, 1.165) is 24.4 Å². The third-order valence-corrected chi connectivity index (χ3v) is 4.06. The van der Waals surface area contributed by atoms with Crippen LogP contribution in [0.4, 0.5) is 4.39 Å². The topological polar surface area (TPSA) is 21.3 Å². The lowest BCUT2D eigenvalue weighted by Gasteiger charge is -2.06. The van der Waals surface area contributed by atoms with Crippen LogP contribution in [0.5, 0.6) is 5.75 Å². The molecule has 0 aliphatic heterocycles. The van der Waals surface area contributed by atoms with Crippen LogP contribution >= 0.6 is 22.9 Å². The third-order valence-electron chi connectivity index (χ3n) is 2.71. The molecule has 0 bridgehead atoms. The van der Waals surface area contributed by atoms with Gasteiger partial charge in [0, 0.05) is 16.3 Å². The molecule has 2 rings (SSSR count). The van der Waals surface area contributed by atoms with E-state index in [1.165, 1.54) is 17.0 Å². The molecule has 20 heavy (non-hydrogen) atoms. The van der Waals surface area contributed by atoms with Crippen LogP contribution in [0, 0.1) is 5.82 Å². The second-order valence-corrected chi connectivity index (χ2v) is 6.07. The average molecular weight is 314 g/mol. The summed E-state index contributed by atoms with van der Waals surface area (Å²) in [5, 5.41) is 3.66. The van der Waals surface area contributed by atoms with Crippen molar-refractivity contribution in [2.75, 3.05) is 6.54 Å². The highest BCUT2D eigenvalue weighted by Crippen LogP contribution is 2.26. The summed E-state index contributed by atoms with van der Waals surface area (Å²) in [7, 11) is 0. The van der Waals surface area contributed by atoms with E-state index in [-0.39, 0.29) is 5.82 Å². The van der Waals surface area contributed by atoms with Gasteiger partial charge in [0.1, 0.15) is 18.2 Å². The first-order valence-corrected chi connectivity index (χ1v) is 7.74. The Morgan fingerprint density at radius 3 is 2.80 bits per heavy atom. The van der Waals surface area contributed by atoms with E-state index in [1.807, 2.05) is 6.07 Å². The number of halogens is 2. The van der Waals surface area contributed by atoms with Crippen molar-refractivity contribution >= 4 is 22.9 Å². The van der Waals surface area contributed by atoms with Gasteiger partial charge in [0.25, 0.3) is 0 Å². The molecule has 1 heterocycles. The fraction of sp³-hybridized carbons (Fsp3) is 0.333. The van der Waals surface area contributed by atoms with E-state index in [0.29, 0.717) is 17.4 Å². The number of rotatable bonds is 7. The molecular weight excluding hydrogens is 297 g/mol. The number of hydrogen-bond acceptors (Lipinski definition) is 3. The summed E-state index contributed by atoms with van der Waals surface area (Å²) in [6.45, 7) is 4.50. The fourth-order valence-electron chi connectivity index (χ4n) is 1.72. The zero-order chi connectivity index (χ0) is 14.4. The molecule has 0 atom stereocenters. The maximum Gasteiger partial charge on any atom is 0.138 e. The standard InChI is InChI=1S/C15H17ClFNOS/c1-2-7-18-9-12-4-5-13(20-12)10-19-15-6-3-11(17)8-14(15)16/h3-6,8,18H,2,7,9-10H2,1H3. The Hall–Kier alpha value is -1.10. The number of benzene rings is 1. The van der Waals surface area contributed by atoms with Gasteiger partial charge in [0.05, 0.1) is 5.02 Å². The average Bonchev–Trinajstić information content (AvgIpc) is 2.86. The SMILES string of the molecule is CCCNCc1ccc(COc2ccc(F)cc2Cl)s1. The molecule has 2 nitrogen and oxygen atoms in total. The van der Waals surface area contributed by atoms with Crippen LogP contribution in [-0.2, 0) is 13.2 Å². The predicted octanol–water partition coefficient (Wildman–Crippen LogP) is 4.62. The molecule has 0 saturated heterocycles. The number of hydrogen-bond donors (Lipinski definition) is 1. The Bertz CT molecular complexity index is 559. The van der Waals surface area contributed by atoms with E-state index >= 15 is 0 Å². The Kier molecular flexibility index (Phi) is 5.83. The van der Waals surface area contributed by atoms with Crippen molar-refractivity contribution in [2.45, 2.75) is 26.5 Å². The zero-order valence-corrected chi connectivity index (χ0v) is 12.9. The summed E-state index contributed by atoms with van der Waals surface area (Å²) >= 11 is 7.62. The predicted molar refractivity (Wildman–Crippen MR) is 82.1 cm³/mol. The summed E-state index contributed by atoms with van der Waals surface area (Å²) in [5.74, 6) is 0.148. The van der Waals surface area contributed by atoms with E-state index in [9.17, 15) is 4.39 Å². The first-order chi connectivity index (χ1) is 9.69. The quantitative estimate of drug-likeness (QED) is 0.753. The van der Waals surface area contributed by atoms with Crippen molar-refractivity contribution in [3.05, 3.63) is 50.9 Å². The lowest BCUT2D eigenvalue weighted by Crippen LogP contribution is -2.12. The summed E-state index contributed by atoms with van der Waals surface area (Å²) < 4.78 is 18.5. The Morgan fingerprint density at radius 2 is 2.05 bits per heavy atom. The van der Waals surface area contributed by atoms with Gasteiger partial charge in [-0.15, -0.1) is 11.3 Å². The molecule has 1 aromatic carbocycles. The molecule has 0 aliphatic rings. The molecule has 0 spiro atoms. The first-order valence-electron chi connectivity index (χ1n) is 6.55. The molecule has 0 fully saturated rings. The van der Waals surface area contributed by atoms with Crippen molar-refractivity contribution in [1.82, 2.24) is 5.32 Å². The van der Waals surface area contributed by atoms with Crippen LogP contribution < -0.4 is 10.1 Å². The summed E-state index contributed by atoms with van der Waals surface area (Å²) in [6.07, 6.45) is 1.13. The van der Waals surface area contributed by atoms with E-state index < -0.39 is 0 Å². The molecule has 0 amide bonds. The molecule has 108 valence electrons. The van der Waals surface area contributed by atoms with Crippen molar-refractivity contribution in [2.24, 2.45) is 0 Å². The number of nitrogens with one attached hydrogen (secondary N) is 1. The molecule has 0 aliphatic carbocycles. The normalized spacial score (nSPS) is 10.8. The van der Waals surface area contributed by atoms with Crippen LogP contribution in [0.1, 0.15) is 23.1 Å². The van der Waals surface area contributed by atoms with E-state index in [1.54, 1.807) is 17.4 Å². The van der Waals surface area contributed by atoms with Gasteiger partial charge in [-0.25, -0.2) is 4.39 Å². The highest BCUT2D eigenvalue weighted by Gasteiger charge is 2.05. The van der Waals surface area contributed by atoms with Crippen LogP contribution in [0.15, 0.2) is 30.3 Å². The summed E-state index contributed by atoms with van der Waals surface area (Å²) in [5.41, 5.74) is 0. The zero-order valence-electron chi connectivity index (χ0n) is 11.3. The smallest absolute Gasteiger partial charge is 0.138 e. The van der Waals surface area contributed by atoms with E-state index in [4.69, 9.17) is 16.3 Å². The molecule has 0 saturated carbocycles. The second kappa shape index (κ2) is 7.62. The van der Waals surface area contributed by atoms with Crippen LogP contribution in [0.25, 0.3) is 0 Å². The molecule has 5 heteroatoms. The van der Waals surface area contributed by atoms with Crippen molar-refractivity contribution in [3.8, 4) is 5.75 Å². The van der Waals surface area contributed by atoms with Crippen LogP contribution in [0.3, 0.4) is 0 Å². The number of thiophene rings is 1. The molecule has 1 aromatic heterocycles. The number of ether oxygens (including phenoxy) is 1. The molecule has 2 aromatic rings. The maximum atomic E-state index is 12.9. The highest BCUT2D eigenvalue weighted by atomic mass is 35.5. The van der Waals surface area contributed by atoms with Gasteiger partial charge in [-0.1, -0.05) is 18.5 Å². The summed E-state index contributed by atoms with van der Waals surface area (Å²) in [6, 6.07) is 8.29. The minimum absolute atomic E-state index is 0.298. The minimum atomic E-state index is -0.359. The van der Waals surface area contributed by atoms with Gasteiger partial charge in [0.15, 0.2) is 0 Å². The molecule has 0 unspecified atom stereocenters. The molecular formula is C15H17ClFNOS. The first kappa shape index (κ1) is 15.3. The fourth-order valence-corrected chi connectivity index (χ4v) is 2.85. The lowest BCUT2D eigenvalue weighted by atomic mass is 10.3. The third kappa shape index (κ3) is 4.47. The van der Waals surface area contributed by atoms with Crippen molar-refractivity contribution < 1.29 is 9.13 Å². The molecule has 1 N–H and O–H groups in total. The van der Waals surface area contributed by atoms with Crippen molar-refractivity contribution in [3.63, 3.8) is 0 Å². The monoisotopic (exact) mass is 313 g/mol. The lowest BCUT2D eigenvalue weighted by molar-refractivity contribution is 0.309. The van der Waals surface area contributed by atoms with Crippen LogP contribution in [0.2, 0.25) is 5.02 Å². The largest absolute Gasteiger partial charge is 0.487 e. The van der Waals surface area contributed by atoms with Crippen molar-refractivity contribution in [1.29, 1.82) is 0 Å². The van der Waals surface area contributed by atoms with Crippen LogP contribution in [-0.4, -0.2) is 6.54 Å². The van der Waals surface area contributed by atoms with Gasteiger partial charge < -0.3 is 10.1 Å².